The van der Waals surface area contributed by atoms with Crippen molar-refractivity contribution in [2.75, 3.05) is 19.6 Å². The van der Waals surface area contributed by atoms with Crippen LogP contribution in [0.5, 0.6) is 0 Å². The van der Waals surface area contributed by atoms with Crippen LogP contribution >= 0.6 is 0 Å². The van der Waals surface area contributed by atoms with Gasteiger partial charge in [0.1, 0.15) is 10.6 Å². The number of para-hydroxylation sites is 1. The number of pyridine rings is 1. The second kappa shape index (κ2) is 10.4. The fraction of sp³-hybridized carbons (Fsp3) is 0.241. The number of fused-ring (bicyclic) bond motifs is 1. The van der Waals surface area contributed by atoms with Crippen molar-refractivity contribution in [2.45, 2.75) is 31.0 Å². The maximum absolute atomic E-state index is 13.8. The van der Waals surface area contributed by atoms with Crippen molar-refractivity contribution in [3.63, 3.8) is 0 Å². The largest absolute Gasteiger partial charge is 0.332 e. The van der Waals surface area contributed by atoms with Gasteiger partial charge in [-0.15, -0.1) is 10.3 Å². The Labute approximate surface area is 221 Å². The Balaban J connectivity index is 1.36. The van der Waals surface area contributed by atoms with Gasteiger partial charge in [-0.2, -0.15) is 8.42 Å². The molecule has 0 saturated carbocycles. The molecule has 0 unspecified atom stereocenters. The fourth-order valence-electron chi connectivity index (χ4n) is 5.09. The fourth-order valence-corrected chi connectivity index (χ4v) is 5.65. The molecule has 4 aromatic rings. The molecule has 38 heavy (non-hydrogen) atoms. The molecule has 1 aliphatic rings. The summed E-state index contributed by atoms with van der Waals surface area (Å²) in [5.74, 6) is 2.35. The zero-order valence-corrected chi connectivity index (χ0v) is 21.7. The third kappa shape index (κ3) is 5.32. The Morgan fingerprint density at radius 1 is 1.05 bits per heavy atom. The third-order valence-electron chi connectivity index (χ3n) is 6.91. The molecule has 0 radical (unpaired) electrons. The van der Waals surface area contributed by atoms with E-state index in [1.165, 1.54) is 6.07 Å². The molecule has 3 heterocycles. The van der Waals surface area contributed by atoms with Crippen LogP contribution in [-0.4, -0.2) is 59.4 Å². The lowest BCUT2D eigenvalue weighted by molar-refractivity contribution is 0.0466. The molecule has 1 atom stereocenters. The van der Waals surface area contributed by atoms with Gasteiger partial charge in [0.25, 0.3) is 5.91 Å². The van der Waals surface area contributed by atoms with Crippen molar-refractivity contribution in [1.82, 2.24) is 19.4 Å². The molecule has 0 bridgehead atoms. The lowest BCUT2D eigenvalue weighted by atomic mass is 10.1. The summed E-state index contributed by atoms with van der Waals surface area (Å²) in [6.45, 7) is 4.60. The average molecular weight is 531 g/mol. The van der Waals surface area contributed by atoms with Crippen molar-refractivity contribution in [3.8, 4) is 12.3 Å². The van der Waals surface area contributed by atoms with E-state index in [2.05, 4.69) is 20.4 Å². The van der Waals surface area contributed by atoms with Crippen LogP contribution in [0.2, 0.25) is 0 Å². The Hall–Kier alpha value is -4.00. The molecular formula is C29H27FN4O3S. The number of carbonyl (C=O) groups excluding carboxylic acids is 1. The van der Waals surface area contributed by atoms with E-state index in [0.29, 0.717) is 49.5 Å². The van der Waals surface area contributed by atoms with E-state index in [1.807, 2.05) is 54.3 Å². The van der Waals surface area contributed by atoms with E-state index < -0.39 is 15.1 Å². The molecular weight excluding hydrogens is 503 g/mol. The molecule has 2 aromatic heterocycles. The number of halogens is 1. The van der Waals surface area contributed by atoms with Gasteiger partial charge in [0, 0.05) is 67.6 Å². The first kappa shape index (κ1) is 25.6. The molecule has 0 aliphatic carbocycles. The number of nitrogens with zero attached hydrogens (tertiary/aromatic N) is 4. The quantitative estimate of drug-likeness (QED) is 0.278. The second-order valence-corrected chi connectivity index (χ2v) is 10.9. The Kier molecular flexibility index (Phi) is 7.02. The van der Waals surface area contributed by atoms with Crippen LogP contribution in [0, 0.1) is 12.3 Å². The summed E-state index contributed by atoms with van der Waals surface area (Å²) in [6, 6.07) is 17.9. The summed E-state index contributed by atoms with van der Waals surface area (Å²) in [5.41, 5.74) is 3.59. The van der Waals surface area contributed by atoms with E-state index in [4.69, 9.17) is 6.42 Å². The minimum atomic E-state index is -4.87. The predicted molar refractivity (Wildman–Crippen MR) is 144 cm³/mol. The van der Waals surface area contributed by atoms with Crippen LogP contribution in [0.3, 0.4) is 0 Å². The molecule has 0 spiro atoms. The van der Waals surface area contributed by atoms with Crippen LogP contribution in [0.15, 0.2) is 78.0 Å². The van der Waals surface area contributed by atoms with Crippen molar-refractivity contribution in [2.24, 2.45) is 0 Å². The summed E-state index contributed by atoms with van der Waals surface area (Å²) < 4.78 is 38.6. The Morgan fingerprint density at radius 3 is 2.53 bits per heavy atom. The number of hydrogen-bond acceptors (Lipinski definition) is 5. The van der Waals surface area contributed by atoms with E-state index in [0.717, 1.165) is 22.5 Å². The normalized spacial score (nSPS) is 16.4. The van der Waals surface area contributed by atoms with E-state index in [1.54, 1.807) is 18.5 Å². The molecule has 194 valence electrons. The first-order valence-electron chi connectivity index (χ1n) is 12.3. The zero-order chi connectivity index (χ0) is 26.9. The van der Waals surface area contributed by atoms with Gasteiger partial charge in [0.05, 0.1) is 0 Å². The Bertz CT molecular complexity index is 1640. The first-order chi connectivity index (χ1) is 18.2. The molecule has 1 saturated heterocycles. The maximum atomic E-state index is 13.8. The van der Waals surface area contributed by atoms with Crippen molar-refractivity contribution < 1.29 is 17.1 Å². The smallest absolute Gasteiger partial charge is 0.332 e. The summed E-state index contributed by atoms with van der Waals surface area (Å²) in [6.07, 6.45) is 8.94. The lowest BCUT2D eigenvalue weighted by Crippen LogP contribution is -2.53. The molecule has 1 amide bonds. The highest BCUT2D eigenvalue weighted by Gasteiger charge is 2.30. The van der Waals surface area contributed by atoms with Gasteiger partial charge in [-0.25, -0.2) is 0 Å². The van der Waals surface area contributed by atoms with E-state index in [-0.39, 0.29) is 11.9 Å². The molecule has 2 aromatic carbocycles. The van der Waals surface area contributed by atoms with Crippen LogP contribution in [0.1, 0.15) is 34.1 Å². The number of hydrogen-bond donors (Lipinski definition) is 0. The van der Waals surface area contributed by atoms with Gasteiger partial charge in [-0.3, -0.25) is 14.7 Å². The minimum absolute atomic E-state index is 0.0393. The van der Waals surface area contributed by atoms with Gasteiger partial charge < -0.3 is 9.47 Å². The van der Waals surface area contributed by atoms with Crippen LogP contribution in [-0.2, 0) is 23.3 Å². The highest BCUT2D eigenvalue weighted by molar-refractivity contribution is 7.86. The van der Waals surface area contributed by atoms with Gasteiger partial charge in [-0.1, -0.05) is 24.1 Å². The Morgan fingerprint density at radius 2 is 1.82 bits per heavy atom. The monoisotopic (exact) mass is 530 g/mol. The number of carbonyl (C=O) groups is 1. The van der Waals surface area contributed by atoms with Gasteiger partial charge in [0.2, 0.25) is 0 Å². The molecule has 1 aliphatic heterocycles. The SMILES string of the molecule is C#Cc1cc(CN2CCN(C(=O)c3cc4ccccc4n3Cc3ccncc3)[C@H](C)C2)cc(S(=O)(=O)F)c1. The second-order valence-electron chi connectivity index (χ2n) is 9.56. The van der Waals surface area contributed by atoms with Gasteiger partial charge in [0.15, 0.2) is 0 Å². The van der Waals surface area contributed by atoms with Crippen molar-refractivity contribution in [1.29, 1.82) is 0 Å². The number of amides is 1. The number of rotatable bonds is 6. The highest BCUT2D eigenvalue weighted by atomic mass is 32.3. The number of benzene rings is 2. The molecule has 9 heteroatoms. The first-order valence-corrected chi connectivity index (χ1v) is 13.7. The standard InChI is InChI=1S/C29H27FN4O3S/c1-3-22-14-24(16-26(15-22)38(30,36)37)19-32-12-13-33(21(2)18-32)29(35)28-17-25-6-4-5-7-27(25)34(28)20-23-8-10-31-11-9-23/h1,4-11,14-17,21H,12-13,18-20H2,2H3/t21-/m1/s1. The van der Waals surface area contributed by atoms with E-state index >= 15 is 0 Å². The summed E-state index contributed by atoms with van der Waals surface area (Å²) in [7, 11) is -4.87. The molecule has 0 N–H and O–H groups in total. The minimum Gasteiger partial charge on any atom is -0.332 e. The lowest BCUT2D eigenvalue weighted by Gasteiger charge is -2.40. The number of terminal acetylenes is 1. The van der Waals surface area contributed by atoms with Gasteiger partial charge in [-0.05, 0) is 60.5 Å². The third-order valence-corrected chi connectivity index (χ3v) is 7.71. The summed E-state index contributed by atoms with van der Waals surface area (Å²) in [4.78, 5) is 21.5. The van der Waals surface area contributed by atoms with Gasteiger partial charge >= 0.3 is 10.2 Å². The summed E-state index contributed by atoms with van der Waals surface area (Å²) in [5, 5.41) is 1.00. The van der Waals surface area contributed by atoms with Crippen LogP contribution in [0.25, 0.3) is 10.9 Å². The molecule has 5 rings (SSSR count). The van der Waals surface area contributed by atoms with Crippen LogP contribution in [0.4, 0.5) is 3.89 Å². The number of aromatic nitrogens is 2. The topological polar surface area (TPSA) is 75.5 Å². The van der Waals surface area contributed by atoms with Crippen molar-refractivity contribution in [3.05, 3.63) is 95.4 Å². The predicted octanol–water partition coefficient (Wildman–Crippen LogP) is 4.07. The maximum Gasteiger partial charge on any atom is 0.332 e. The average Bonchev–Trinajstić information content (AvgIpc) is 3.26. The zero-order valence-electron chi connectivity index (χ0n) is 20.9. The molecule has 1 fully saturated rings. The molecule has 7 nitrogen and oxygen atoms in total. The summed E-state index contributed by atoms with van der Waals surface area (Å²) >= 11 is 0. The highest BCUT2D eigenvalue weighted by Crippen LogP contribution is 2.25. The number of piperazine rings is 1. The van der Waals surface area contributed by atoms with Crippen LogP contribution < -0.4 is 0 Å². The van der Waals surface area contributed by atoms with E-state index in [9.17, 15) is 17.1 Å². The van der Waals surface area contributed by atoms with Crippen molar-refractivity contribution >= 4 is 27.0 Å².